The summed E-state index contributed by atoms with van der Waals surface area (Å²) in [7, 11) is -4.22. The molecule has 0 heterocycles. The summed E-state index contributed by atoms with van der Waals surface area (Å²) < 4.78 is 37.9. The van der Waals surface area contributed by atoms with Crippen LogP contribution in [0.15, 0.2) is 18.2 Å². The molecule has 1 aromatic rings. The van der Waals surface area contributed by atoms with Gasteiger partial charge in [0, 0.05) is 0 Å². The predicted octanol–water partition coefficient (Wildman–Crippen LogP) is 1.06. The minimum atomic E-state index is -4.22. The number of rotatable bonds is 2. The molecule has 0 fully saturated rings. The maximum Gasteiger partial charge on any atom is 0.380 e. The topological polar surface area (TPSA) is 69.4 Å². The highest BCUT2D eigenvalue weighted by Gasteiger charge is 2.12. The van der Waals surface area contributed by atoms with E-state index in [4.69, 9.17) is 11.6 Å². The summed E-state index contributed by atoms with van der Waals surface area (Å²) in [6.07, 6.45) is 0. The van der Waals surface area contributed by atoms with Crippen LogP contribution in [0.3, 0.4) is 0 Å². The number of hydrogen-bond acceptors (Lipinski definition) is 3. The third kappa shape index (κ3) is 2.83. The standard InChI is InChI=1S/C6H5ClFNO3S/c7-4-2-1-3-5(6(4)8)12-13(9,10)11/h1-3H,(H2,9,10,11). The van der Waals surface area contributed by atoms with Crippen LogP contribution in [0.1, 0.15) is 0 Å². The molecule has 72 valence electrons. The second-order valence-corrected chi connectivity index (χ2v) is 3.69. The van der Waals surface area contributed by atoms with Gasteiger partial charge in [-0.1, -0.05) is 17.7 Å². The van der Waals surface area contributed by atoms with E-state index in [1.807, 2.05) is 0 Å². The van der Waals surface area contributed by atoms with E-state index in [0.29, 0.717) is 0 Å². The van der Waals surface area contributed by atoms with Crippen LogP contribution in [0.25, 0.3) is 0 Å². The summed E-state index contributed by atoms with van der Waals surface area (Å²) in [5, 5.41) is 4.29. The minimum absolute atomic E-state index is 0.235. The molecular weight excluding hydrogens is 221 g/mol. The van der Waals surface area contributed by atoms with Gasteiger partial charge < -0.3 is 4.18 Å². The quantitative estimate of drug-likeness (QED) is 0.818. The van der Waals surface area contributed by atoms with Crippen molar-refractivity contribution in [1.29, 1.82) is 0 Å². The van der Waals surface area contributed by atoms with Crippen LogP contribution < -0.4 is 9.32 Å². The monoisotopic (exact) mass is 225 g/mol. The van der Waals surface area contributed by atoms with Crippen molar-refractivity contribution in [3.05, 3.63) is 29.0 Å². The second-order valence-electron chi connectivity index (χ2n) is 2.13. The molecular formula is C6H5ClFNO3S. The maximum absolute atomic E-state index is 13.0. The Bertz CT molecular complexity index is 420. The first-order valence-electron chi connectivity index (χ1n) is 3.06. The first-order chi connectivity index (χ1) is 5.90. The first kappa shape index (κ1) is 10.2. The number of nitrogens with two attached hydrogens (primary N) is 1. The molecule has 1 rings (SSSR count). The zero-order valence-corrected chi connectivity index (χ0v) is 7.77. The molecule has 0 aliphatic rings. The molecule has 0 aliphatic carbocycles. The van der Waals surface area contributed by atoms with Gasteiger partial charge in [-0.2, -0.15) is 13.6 Å². The molecule has 13 heavy (non-hydrogen) atoms. The molecule has 0 atom stereocenters. The molecule has 0 amide bonds. The smallest absolute Gasteiger partial charge is 0.368 e. The highest BCUT2D eigenvalue weighted by molar-refractivity contribution is 7.84. The fraction of sp³-hybridized carbons (Fsp3) is 0. The minimum Gasteiger partial charge on any atom is -0.368 e. The lowest BCUT2D eigenvalue weighted by atomic mass is 10.3. The van der Waals surface area contributed by atoms with Crippen molar-refractivity contribution < 1.29 is 17.0 Å². The van der Waals surface area contributed by atoms with Gasteiger partial charge in [0.05, 0.1) is 5.02 Å². The van der Waals surface area contributed by atoms with Gasteiger partial charge in [0.2, 0.25) is 0 Å². The Labute approximate surface area is 79.3 Å². The predicted molar refractivity (Wildman–Crippen MR) is 45.1 cm³/mol. The third-order valence-corrected chi connectivity index (χ3v) is 1.83. The van der Waals surface area contributed by atoms with Gasteiger partial charge in [0.15, 0.2) is 11.6 Å². The molecule has 0 spiro atoms. The molecule has 0 aromatic heterocycles. The lowest BCUT2D eigenvalue weighted by Gasteiger charge is -2.03. The van der Waals surface area contributed by atoms with E-state index in [0.717, 1.165) is 6.07 Å². The van der Waals surface area contributed by atoms with Gasteiger partial charge >= 0.3 is 10.3 Å². The normalized spacial score (nSPS) is 11.3. The molecule has 0 saturated carbocycles. The Kier molecular flexibility index (Phi) is 2.74. The van der Waals surface area contributed by atoms with Crippen LogP contribution in [0, 0.1) is 5.82 Å². The van der Waals surface area contributed by atoms with Gasteiger partial charge in [-0.3, -0.25) is 0 Å². The van der Waals surface area contributed by atoms with Crippen LogP contribution in [0.5, 0.6) is 5.75 Å². The zero-order valence-electron chi connectivity index (χ0n) is 6.20. The molecule has 1 aromatic carbocycles. The van der Waals surface area contributed by atoms with Crippen molar-refractivity contribution >= 4 is 21.9 Å². The van der Waals surface area contributed by atoms with E-state index < -0.39 is 21.9 Å². The lowest BCUT2D eigenvalue weighted by molar-refractivity contribution is 0.463. The molecule has 7 heteroatoms. The van der Waals surface area contributed by atoms with Gasteiger partial charge in [-0.15, -0.1) is 0 Å². The van der Waals surface area contributed by atoms with Crippen molar-refractivity contribution in [2.45, 2.75) is 0 Å². The molecule has 0 bridgehead atoms. The van der Waals surface area contributed by atoms with E-state index in [-0.39, 0.29) is 5.02 Å². The fourth-order valence-electron chi connectivity index (χ4n) is 0.674. The largest absolute Gasteiger partial charge is 0.380 e. The number of hydrogen-bond donors (Lipinski definition) is 1. The number of halogens is 2. The SMILES string of the molecule is NS(=O)(=O)Oc1cccc(Cl)c1F. The Balaban J connectivity index is 3.10. The van der Waals surface area contributed by atoms with Crippen molar-refractivity contribution in [2.75, 3.05) is 0 Å². The molecule has 2 N–H and O–H groups in total. The lowest BCUT2D eigenvalue weighted by Crippen LogP contribution is -2.19. The summed E-state index contributed by atoms with van der Waals surface area (Å²) in [4.78, 5) is 0. The Hall–Kier alpha value is -0.850. The van der Waals surface area contributed by atoms with Gasteiger partial charge in [-0.25, -0.2) is 4.39 Å². The van der Waals surface area contributed by atoms with E-state index >= 15 is 0 Å². The Morgan fingerprint density at radius 1 is 1.46 bits per heavy atom. The average molecular weight is 226 g/mol. The van der Waals surface area contributed by atoms with E-state index in [9.17, 15) is 12.8 Å². The molecule has 0 aliphatic heterocycles. The van der Waals surface area contributed by atoms with Gasteiger partial charge in [0.25, 0.3) is 0 Å². The van der Waals surface area contributed by atoms with Crippen LogP contribution in [0.2, 0.25) is 5.02 Å². The van der Waals surface area contributed by atoms with Gasteiger partial charge in [-0.05, 0) is 12.1 Å². The Morgan fingerprint density at radius 3 is 2.62 bits per heavy atom. The van der Waals surface area contributed by atoms with E-state index in [2.05, 4.69) is 9.32 Å². The zero-order chi connectivity index (χ0) is 10.1. The molecule has 0 radical (unpaired) electrons. The summed E-state index contributed by atoms with van der Waals surface area (Å²) in [5.74, 6) is -1.48. The Morgan fingerprint density at radius 2 is 2.08 bits per heavy atom. The molecule has 4 nitrogen and oxygen atoms in total. The number of benzene rings is 1. The summed E-state index contributed by atoms with van der Waals surface area (Å²) in [6.45, 7) is 0. The average Bonchev–Trinajstić information content (AvgIpc) is 1.96. The first-order valence-corrected chi connectivity index (χ1v) is 4.91. The van der Waals surface area contributed by atoms with E-state index in [1.54, 1.807) is 0 Å². The van der Waals surface area contributed by atoms with Crippen LogP contribution >= 0.6 is 11.6 Å². The summed E-state index contributed by atoms with van der Waals surface area (Å²) >= 11 is 5.35. The summed E-state index contributed by atoms with van der Waals surface area (Å²) in [6, 6.07) is 3.70. The third-order valence-electron chi connectivity index (χ3n) is 1.12. The van der Waals surface area contributed by atoms with Crippen molar-refractivity contribution in [1.82, 2.24) is 0 Å². The van der Waals surface area contributed by atoms with E-state index in [1.165, 1.54) is 12.1 Å². The van der Waals surface area contributed by atoms with Crippen molar-refractivity contribution in [3.8, 4) is 5.75 Å². The van der Waals surface area contributed by atoms with Gasteiger partial charge in [0.1, 0.15) is 0 Å². The molecule has 0 unspecified atom stereocenters. The van der Waals surface area contributed by atoms with Crippen LogP contribution in [0.4, 0.5) is 4.39 Å². The van der Waals surface area contributed by atoms with Crippen molar-refractivity contribution in [2.24, 2.45) is 5.14 Å². The highest BCUT2D eigenvalue weighted by Crippen LogP contribution is 2.24. The van der Waals surface area contributed by atoms with Crippen LogP contribution in [-0.4, -0.2) is 8.42 Å². The fourth-order valence-corrected chi connectivity index (χ4v) is 1.22. The van der Waals surface area contributed by atoms with Crippen molar-refractivity contribution in [3.63, 3.8) is 0 Å². The molecule has 0 saturated heterocycles. The van der Waals surface area contributed by atoms with Crippen LogP contribution in [-0.2, 0) is 10.3 Å². The maximum atomic E-state index is 13.0. The highest BCUT2D eigenvalue weighted by atomic mass is 35.5. The summed E-state index contributed by atoms with van der Waals surface area (Å²) in [5.41, 5.74) is 0. The second kappa shape index (κ2) is 3.49.